The van der Waals surface area contributed by atoms with Gasteiger partial charge in [0.25, 0.3) is 0 Å². The molecular formula is C27H31ClN2O6. The first kappa shape index (κ1) is 26.0. The molecule has 1 fully saturated rings. The van der Waals surface area contributed by atoms with Gasteiger partial charge in [0.05, 0.1) is 11.1 Å². The number of likely N-dealkylation sites (N-methyl/N-ethyl adjacent to an activating group) is 1. The number of carbonyl (C=O) groups excluding carboxylic acids is 1. The minimum Gasteiger partial charge on any atom is -0.507 e. The normalized spacial score (nSPS) is 18.4. The van der Waals surface area contributed by atoms with Crippen molar-refractivity contribution in [2.24, 2.45) is 0 Å². The summed E-state index contributed by atoms with van der Waals surface area (Å²) in [5.41, 5.74) is 0.496. The van der Waals surface area contributed by atoms with Crippen molar-refractivity contribution in [2.45, 2.75) is 38.2 Å². The number of nitrogens with zero attached hydrogens (tertiary/aromatic N) is 2. The molecule has 2 aromatic carbocycles. The number of carbonyl (C=O) groups is 1. The quantitative estimate of drug-likeness (QED) is 0.485. The lowest BCUT2D eigenvalue weighted by molar-refractivity contribution is 0.0628. The van der Waals surface area contributed by atoms with Crippen LogP contribution in [0, 0.1) is 0 Å². The standard InChI is InChI=1S/C27H31ClN2O6/c1-4-5-11-30(3)27(34)36-23-14-20(32)25-19(31)13-22(16-8-6-7-9-18(16)28)35-26(25)24(23)17-10-12-29(2)15-21(17)33/h6-9,13-14,17,21,32-33H,4-5,10-12,15H2,1-3H3/t17-,21+/m0/s1. The van der Waals surface area contributed by atoms with Gasteiger partial charge in [-0.3, -0.25) is 4.79 Å². The van der Waals surface area contributed by atoms with E-state index in [1.165, 1.54) is 17.0 Å². The number of ether oxygens (including phenoxy) is 1. The second-order valence-electron chi connectivity index (χ2n) is 9.33. The third kappa shape index (κ3) is 5.21. The number of phenolic OH excluding ortho intramolecular Hbond substituents is 1. The van der Waals surface area contributed by atoms with Crippen molar-refractivity contribution in [3.8, 4) is 22.8 Å². The number of aromatic hydroxyl groups is 1. The summed E-state index contributed by atoms with van der Waals surface area (Å²) in [6.07, 6.45) is 0.854. The van der Waals surface area contributed by atoms with E-state index in [9.17, 15) is 19.8 Å². The molecule has 3 aromatic rings. The van der Waals surface area contributed by atoms with E-state index in [1.54, 1.807) is 31.3 Å². The number of likely N-dealkylation sites (tertiary alicyclic amines) is 1. The first-order valence-corrected chi connectivity index (χ1v) is 12.5. The van der Waals surface area contributed by atoms with Gasteiger partial charge in [0.2, 0.25) is 0 Å². The Bertz CT molecular complexity index is 1320. The fourth-order valence-corrected chi connectivity index (χ4v) is 4.85. The van der Waals surface area contributed by atoms with Crippen LogP contribution < -0.4 is 10.2 Å². The van der Waals surface area contributed by atoms with Crippen LogP contribution >= 0.6 is 11.6 Å². The number of benzene rings is 2. The molecule has 1 amide bonds. The third-order valence-electron chi connectivity index (χ3n) is 6.63. The number of aliphatic hydroxyl groups excluding tert-OH is 1. The molecule has 2 atom stereocenters. The van der Waals surface area contributed by atoms with E-state index in [4.69, 9.17) is 20.8 Å². The average Bonchev–Trinajstić information content (AvgIpc) is 2.83. The molecule has 2 N–H and O–H groups in total. The van der Waals surface area contributed by atoms with E-state index in [2.05, 4.69) is 0 Å². The summed E-state index contributed by atoms with van der Waals surface area (Å²) in [5, 5.41) is 22.2. The van der Waals surface area contributed by atoms with Gasteiger partial charge in [-0.2, -0.15) is 0 Å². The highest BCUT2D eigenvalue weighted by atomic mass is 35.5. The Morgan fingerprint density at radius 3 is 2.75 bits per heavy atom. The van der Waals surface area contributed by atoms with Gasteiger partial charge < -0.3 is 29.2 Å². The molecule has 9 heteroatoms. The molecular weight excluding hydrogens is 484 g/mol. The first-order chi connectivity index (χ1) is 17.2. The molecule has 0 unspecified atom stereocenters. The maximum atomic E-state index is 13.2. The second kappa shape index (κ2) is 10.9. The molecule has 1 aliphatic heterocycles. The molecule has 0 bridgehead atoms. The highest BCUT2D eigenvalue weighted by Crippen LogP contribution is 2.43. The van der Waals surface area contributed by atoms with Crippen LogP contribution in [0.15, 0.2) is 45.6 Å². The molecule has 1 saturated heterocycles. The van der Waals surface area contributed by atoms with Gasteiger partial charge in [-0.25, -0.2) is 4.79 Å². The van der Waals surface area contributed by atoms with Crippen LogP contribution in [-0.4, -0.2) is 65.9 Å². The molecule has 1 aliphatic rings. The summed E-state index contributed by atoms with van der Waals surface area (Å²) in [6, 6.07) is 9.49. The Morgan fingerprint density at radius 2 is 2.06 bits per heavy atom. The summed E-state index contributed by atoms with van der Waals surface area (Å²) >= 11 is 6.37. The molecule has 0 radical (unpaired) electrons. The van der Waals surface area contributed by atoms with Crippen LogP contribution in [0.4, 0.5) is 4.79 Å². The van der Waals surface area contributed by atoms with Crippen molar-refractivity contribution >= 4 is 28.7 Å². The van der Waals surface area contributed by atoms with Crippen molar-refractivity contribution in [3.63, 3.8) is 0 Å². The number of β-amino-alcohol motifs (C(OH)–C–C–N with tert-alkyl or cyclic N) is 1. The fourth-order valence-electron chi connectivity index (χ4n) is 4.63. The lowest BCUT2D eigenvalue weighted by Crippen LogP contribution is -2.40. The van der Waals surface area contributed by atoms with Gasteiger partial charge >= 0.3 is 6.09 Å². The maximum absolute atomic E-state index is 13.2. The smallest absolute Gasteiger partial charge is 0.414 e. The summed E-state index contributed by atoms with van der Waals surface area (Å²) in [6.45, 7) is 3.61. The van der Waals surface area contributed by atoms with E-state index < -0.39 is 23.5 Å². The summed E-state index contributed by atoms with van der Waals surface area (Å²) < 4.78 is 12.0. The predicted molar refractivity (Wildman–Crippen MR) is 139 cm³/mol. The van der Waals surface area contributed by atoms with Gasteiger partial charge in [-0.15, -0.1) is 0 Å². The Hall–Kier alpha value is -3.07. The molecule has 1 aromatic heterocycles. The van der Waals surface area contributed by atoms with Crippen molar-refractivity contribution in [3.05, 3.63) is 57.2 Å². The van der Waals surface area contributed by atoms with Gasteiger partial charge in [0.15, 0.2) is 5.43 Å². The van der Waals surface area contributed by atoms with Crippen molar-refractivity contribution in [1.29, 1.82) is 0 Å². The lowest BCUT2D eigenvalue weighted by atomic mass is 9.85. The molecule has 2 heterocycles. The molecule has 4 rings (SSSR count). The number of aliphatic hydroxyl groups is 1. The second-order valence-corrected chi connectivity index (χ2v) is 9.74. The number of piperidine rings is 1. The number of fused-ring (bicyclic) bond motifs is 1. The highest BCUT2D eigenvalue weighted by molar-refractivity contribution is 6.33. The molecule has 192 valence electrons. The number of amides is 1. The Morgan fingerprint density at radius 1 is 1.31 bits per heavy atom. The molecule has 0 saturated carbocycles. The van der Waals surface area contributed by atoms with E-state index in [-0.39, 0.29) is 28.2 Å². The van der Waals surface area contributed by atoms with Crippen LogP contribution in [0.5, 0.6) is 11.5 Å². The molecule has 36 heavy (non-hydrogen) atoms. The Labute approximate surface area is 214 Å². The lowest BCUT2D eigenvalue weighted by Gasteiger charge is -2.34. The van der Waals surface area contributed by atoms with E-state index in [0.29, 0.717) is 42.2 Å². The van der Waals surface area contributed by atoms with Crippen molar-refractivity contribution in [2.75, 3.05) is 33.7 Å². The van der Waals surface area contributed by atoms with Crippen molar-refractivity contribution < 1.29 is 24.2 Å². The predicted octanol–water partition coefficient (Wildman–Crippen LogP) is 4.83. The van der Waals surface area contributed by atoms with Crippen LogP contribution in [0.25, 0.3) is 22.3 Å². The van der Waals surface area contributed by atoms with Crippen LogP contribution in [0.1, 0.15) is 37.7 Å². The minimum atomic E-state index is -0.805. The zero-order valence-electron chi connectivity index (χ0n) is 20.7. The van der Waals surface area contributed by atoms with E-state index >= 15 is 0 Å². The third-order valence-corrected chi connectivity index (χ3v) is 6.96. The number of hydrogen-bond donors (Lipinski definition) is 2. The van der Waals surface area contributed by atoms with Crippen molar-refractivity contribution in [1.82, 2.24) is 9.80 Å². The SMILES string of the molecule is CCCCN(C)C(=O)Oc1cc(O)c2c(=O)cc(-c3ccccc3Cl)oc2c1[C@H]1CCN(C)C[C@H]1O. The number of rotatable bonds is 6. The largest absolute Gasteiger partial charge is 0.507 e. The average molecular weight is 515 g/mol. The van der Waals surface area contributed by atoms with Gasteiger partial charge in [-0.1, -0.05) is 37.1 Å². The molecule has 0 spiro atoms. The number of hydrogen-bond acceptors (Lipinski definition) is 7. The van der Waals surface area contributed by atoms with E-state index in [1.807, 2.05) is 18.9 Å². The highest BCUT2D eigenvalue weighted by Gasteiger charge is 2.34. The van der Waals surface area contributed by atoms with Crippen LogP contribution in [-0.2, 0) is 0 Å². The first-order valence-electron chi connectivity index (χ1n) is 12.1. The number of phenols is 1. The van der Waals surface area contributed by atoms with Crippen LogP contribution in [0.2, 0.25) is 5.02 Å². The minimum absolute atomic E-state index is 0.0360. The molecule has 8 nitrogen and oxygen atoms in total. The van der Waals surface area contributed by atoms with Gasteiger partial charge in [0.1, 0.15) is 28.2 Å². The monoisotopic (exact) mass is 514 g/mol. The van der Waals surface area contributed by atoms with Gasteiger partial charge in [0, 0.05) is 49.3 Å². The molecule has 0 aliphatic carbocycles. The van der Waals surface area contributed by atoms with Crippen LogP contribution in [0.3, 0.4) is 0 Å². The number of halogens is 1. The Balaban J connectivity index is 1.93. The summed E-state index contributed by atoms with van der Waals surface area (Å²) in [5.74, 6) is -0.585. The summed E-state index contributed by atoms with van der Waals surface area (Å²) in [4.78, 5) is 29.5. The number of unbranched alkanes of at least 4 members (excludes halogenated alkanes) is 1. The van der Waals surface area contributed by atoms with Gasteiger partial charge in [-0.05, 0) is 38.6 Å². The zero-order chi connectivity index (χ0) is 26.0. The fraction of sp³-hybridized carbons (Fsp3) is 0.407. The topological polar surface area (TPSA) is 103 Å². The van der Waals surface area contributed by atoms with E-state index in [0.717, 1.165) is 12.8 Å². The zero-order valence-corrected chi connectivity index (χ0v) is 21.4. The Kier molecular flexibility index (Phi) is 7.88. The maximum Gasteiger partial charge on any atom is 0.414 e. The summed E-state index contributed by atoms with van der Waals surface area (Å²) in [7, 11) is 3.55.